The van der Waals surface area contributed by atoms with Crippen molar-refractivity contribution in [2.75, 3.05) is 0 Å². The van der Waals surface area contributed by atoms with Crippen molar-refractivity contribution in [3.05, 3.63) is 15.3 Å². The molecule has 8 heteroatoms. The topological polar surface area (TPSA) is 90.0 Å². The Morgan fingerprint density at radius 3 is 1.56 bits per heavy atom. The van der Waals surface area contributed by atoms with Crippen molar-refractivity contribution in [2.45, 2.75) is 0 Å². The average Bonchev–Trinajstić information content (AvgIpc) is 1.33. The van der Waals surface area contributed by atoms with E-state index in [1.54, 1.807) is 5.97 Å². The summed E-state index contributed by atoms with van der Waals surface area (Å²) >= 11 is 0. The second-order valence-corrected chi connectivity index (χ2v) is 0.447. The van der Waals surface area contributed by atoms with E-state index >= 15 is 0 Å². The van der Waals surface area contributed by atoms with Gasteiger partial charge in [-0.15, -0.1) is 0 Å². The fourth-order valence-corrected chi connectivity index (χ4v) is 0. The quantitative estimate of drug-likeness (QED) is 0.241. The Hall–Kier alpha value is 0.495. The van der Waals surface area contributed by atoms with E-state index in [0.29, 0.717) is 0 Å². The van der Waals surface area contributed by atoms with E-state index in [4.69, 9.17) is 20.6 Å². The zero-order valence-electron chi connectivity index (χ0n) is 4.92. The summed E-state index contributed by atoms with van der Waals surface area (Å²) in [5.74, 6) is 1.75. The van der Waals surface area contributed by atoms with E-state index in [2.05, 4.69) is 0 Å². The van der Waals surface area contributed by atoms with Crippen LogP contribution in [0.2, 0.25) is 0 Å². The summed E-state index contributed by atoms with van der Waals surface area (Å²) in [7, 11) is 1.43. The van der Waals surface area contributed by atoms with Gasteiger partial charge in [-0.25, -0.2) is 5.26 Å². The van der Waals surface area contributed by atoms with Gasteiger partial charge < -0.3 is 15.3 Å². The molecule has 0 saturated carbocycles. The van der Waals surface area contributed by atoms with Crippen LogP contribution in [0.3, 0.4) is 0 Å². The predicted octanol–water partition coefficient (Wildman–Crippen LogP) is -4.14. The van der Waals surface area contributed by atoms with Crippen molar-refractivity contribution in [3.8, 4) is 5.97 Å². The molecule has 5 nitrogen and oxygen atoms in total. The van der Waals surface area contributed by atoms with Crippen LogP contribution < -0.4 is 29.6 Å². The maximum atomic E-state index is 8.25. The van der Waals surface area contributed by atoms with E-state index in [1.165, 1.54) is 7.85 Å². The first-order chi connectivity index (χ1) is 3.15. The molecule has 0 unspecified atom stereocenters. The fourth-order valence-electron chi connectivity index (χ4n) is 0. The first-order valence-corrected chi connectivity index (χ1v) is 1.27. The van der Waals surface area contributed by atoms with Gasteiger partial charge in [0.25, 0.3) is 0 Å². The third kappa shape index (κ3) is 1460. The SMILES string of the molecule is BC#N.O=[N+]([O-])[O-].[Ag].[Na+]. The van der Waals surface area contributed by atoms with Crippen LogP contribution in [0.4, 0.5) is 0 Å². The standard InChI is InChI=1S/CH2BN.Ag.NO3.Na/c2-1-3;;2-1(3)4;/h2H2;;;/q;;-1;+1. The Bertz CT molecular complexity index is 90.3. The normalized spacial score (nSPS) is 3.44. The largest absolute Gasteiger partial charge is 1.00 e. The number of nitrogens with zero attached hydrogens (tertiary/aromatic N) is 2. The molecule has 0 fully saturated rings. The molecule has 0 aliphatic carbocycles. The van der Waals surface area contributed by atoms with E-state index < -0.39 is 5.09 Å². The molecule has 0 aliphatic rings. The van der Waals surface area contributed by atoms with Gasteiger partial charge in [0.05, 0.1) is 5.09 Å². The Kier molecular flexibility index (Phi) is 59.6. The molecule has 1 radical (unpaired) electrons. The zero-order valence-corrected chi connectivity index (χ0v) is 8.40. The molecule has 49 valence electrons. The van der Waals surface area contributed by atoms with Crippen LogP contribution in [-0.2, 0) is 22.4 Å². The molecule has 0 aromatic carbocycles. The fraction of sp³-hybridized carbons (Fsp3) is 0. The monoisotopic (exact) mass is 231 g/mol. The summed E-state index contributed by atoms with van der Waals surface area (Å²) in [4.78, 5) is 8.25. The Balaban J connectivity index is -0.0000000233. The molecule has 0 amide bonds. The van der Waals surface area contributed by atoms with Crippen molar-refractivity contribution in [3.63, 3.8) is 0 Å². The van der Waals surface area contributed by atoms with Gasteiger partial charge in [-0.3, -0.25) is 0 Å². The van der Waals surface area contributed by atoms with Gasteiger partial charge >= 0.3 is 29.6 Å². The van der Waals surface area contributed by atoms with Crippen molar-refractivity contribution >= 4 is 7.85 Å². The summed E-state index contributed by atoms with van der Waals surface area (Å²) in [5.41, 5.74) is 0. The second kappa shape index (κ2) is 23.6. The molecule has 0 aromatic heterocycles. The minimum atomic E-state index is -1.75. The number of nitriles is 1. The molecular formula is CH2AgBN2NaO3. The summed E-state index contributed by atoms with van der Waals surface area (Å²) in [5, 5.41) is 22.1. The first kappa shape index (κ1) is 22.7. The molecule has 0 aromatic rings. The van der Waals surface area contributed by atoms with Crippen LogP contribution in [0.15, 0.2) is 0 Å². The Labute approximate surface area is 90.7 Å². The first-order valence-electron chi connectivity index (χ1n) is 1.27. The average molecular weight is 232 g/mol. The van der Waals surface area contributed by atoms with Crippen LogP contribution in [0.1, 0.15) is 0 Å². The molecule has 0 spiro atoms. The summed E-state index contributed by atoms with van der Waals surface area (Å²) in [6.45, 7) is 0. The molecule has 0 atom stereocenters. The Morgan fingerprint density at radius 1 is 1.56 bits per heavy atom. The van der Waals surface area contributed by atoms with Gasteiger partial charge in [-0.2, -0.15) is 0 Å². The molecule has 0 heterocycles. The number of rotatable bonds is 0. The minimum Gasteiger partial charge on any atom is -0.356 e. The van der Waals surface area contributed by atoms with E-state index in [-0.39, 0.29) is 51.9 Å². The second-order valence-electron chi connectivity index (χ2n) is 0.447. The summed E-state index contributed by atoms with van der Waals surface area (Å²) in [6, 6.07) is 0. The van der Waals surface area contributed by atoms with E-state index in [9.17, 15) is 0 Å². The molecule has 0 rings (SSSR count). The van der Waals surface area contributed by atoms with Crippen LogP contribution in [0.25, 0.3) is 0 Å². The van der Waals surface area contributed by atoms with Gasteiger partial charge in [0.15, 0.2) is 0 Å². The molecule has 9 heavy (non-hydrogen) atoms. The van der Waals surface area contributed by atoms with Gasteiger partial charge in [0.2, 0.25) is 7.85 Å². The maximum Gasteiger partial charge on any atom is 1.00 e. The smallest absolute Gasteiger partial charge is 0.356 e. The summed E-state index contributed by atoms with van der Waals surface area (Å²) in [6.07, 6.45) is 0. The third-order valence-electron chi connectivity index (χ3n) is 0. The van der Waals surface area contributed by atoms with Gasteiger partial charge in [0.1, 0.15) is 0 Å². The summed E-state index contributed by atoms with van der Waals surface area (Å²) < 4.78 is 0. The maximum absolute atomic E-state index is 8.25. The molecular weight excluding hydrogens is 230 g/mol. The van der Waals surface area contributed by atoms with Gasteiger partial charge in [-0.05, 0) is 5.97 Å². The zero-order chi connectivity index (χ0) is 6.28. The number of hydrogen-bond donors (Lipinski definition) is 0. The van der Waals surface area contributed by atoms with Crippen molar-refractivity contribution in [2.24, 2.45) is 0 Å². The Morgan fingerprint density at radius 2 is 1.56 bits per heavy atom. The molecule has 0 N–H and O–H groups in total. The van der Waals surface area contributed by atoms with Crippen LogP contribution in [-0.4, -0.2) is 12.9 Å². The minimum absolute atomic E-state index is 0. The molecule has 0 bridgehead atoms. The van der Waals surface area contributed by atoms with Crippen LogP contribution >= 0.6 is 0 Å². The van der Waals surface area contributed by atoms with Gasteiger partial charge in [0, 0.05) is 22.4 Å². The molecule has 0 saturated heterocycles. The van der Waals surface area contributed by atoms with Crippen molar-refractivity contribution in [1.29, 1.82) is 5.26 Å². The van der Waals surface area contributed by atoms with Crippen molar-refractivity contribution < 1.29 is 57.0 Å². The van der Waals surface area contributed by atoms with E-state index in [0.717, 1.165) is 0 Å². The van der Waals surface area contributed by atoms with E-state index in [1.807, 2.05) is 0 Å². The molecule has 0 aliphatic heterocycles. The number of hydrogen-bond acceptors (Lipinski definition) is 4. The van der Waals surface area contributed by atoms with Crippen LogP contribution in [0, 0.1) is 26.6 Å². The van der Waals surface area contributed by atoms with Crippen molar-refractivity contribution in [1.82, 2.24) is 0 Å². The van der Waals surface area contributed by atoms with Crippen LogP contribution in [0.5, 0.6) is 0 Å². The van der Waals surface area contributed by atoms with Gasteiger partial charge in [-0.1, -0.05) is 0 Å². The third-order valence-corrected chi connectivity index (χ3v) is 0. The predicted molar refractivity (Wildman–Crippen MR) is 24.5 cm³/mol.